The number of carboxylic acid groups (broad SMARTS) is 1. The Balaban J connectivity index is 2.71. The monoisotopic (exact) mass is 287 g/mol. The first-order chi connectivity index (χ1) is 9.13. The number of halogens is 2. The lowest BCUT2D eigenvalue weighted by Gasteiger charge is -2.23. The molecule has 1 amide bonds. The van der Waals surface area contributed by atoms with Crippen LogP contribution in [0.2, 0.25) is 0 Å². The maximum Gasteiger partial charge on any atom is 0.328 e. The first kappa shape index (κ1) is 15.9. The molecule has 0 aliphatic carbocycles. The maximum absolute atomic E-state index is 13.0. The van der Waals surface area contributed by atoms with Crippen LogP contribution in [0.1, 0.15) is 20.8 Å². The number of ether oxygens (including phenoxy) is 1. The second kappa shape index (κ2) is 5.85. The van der Waals surface area contributed by atoms with Crippen LogP contribution in [0.15, 0.2) is 18.2 Å². The van der Waals surface area contributed by atoms with E-state index in [0.717, 1.165) is 12.1 Å². The predicted octanol–water partition coefficient (Wildman–Crippen LogP) is 1.71. The number of carboxylic acids is 1. The van der Waals surface area contributed by atoms with Gasteiger partial charge < -0.3 is 15.2 Å². The SMILES string of the molecule is CC(Oc1ccc(F)c(F)c1)C(=O)NC(C)(C)C(=O)O. The van der Waals surface area contributed by atoms with Gasteiger partial charge in [0.25, 0.3) is 5.91 Å². The molecule has 1 atom stereocenters. The number of aliphatic carboxylic acids is 1. The van der Waals surface area contributed by atoms with Crippen LogP contribution in [0.25, 0.3) is 0 Å². The Labute approximate surface area is 114 Å². The van der Waals surface area contributed by atoms with Gasteiger partial charge in [0.05, 0.1) is 0 Å². The predicted molar refractivity (Wildman–Crippen MR) is 66.3 cm³/mol. The third-order valence-corrected chi connectivity index (χ3v) is 2.54. The lowest BCUT2D eigenvalue weighted by atomic mass is 10.1. The fourth-order valence-corrected chi connectivity index (χ4v) is 1.27. The van der Waals surface area contributed by atoms with Crippen LogP contribution in [-0.4, -0.2) is 28.6 Å². The molecule has 1 aromatic carbocycles. The molecule has 7 heteroatoms. The molecule has 0 aliphatic heterocycles. The van der Waals surface area contributed by atoms with E-state index in [9.17, 15) is 18.4 Å². The summed E-state index contributed by atoms with van der Waals surface area (Å²) in [5.41, 5.74) is -1.46. The molecule has 0 spiro atoms. The third kappa shape index (κ3) is 3.91. The smallest absolute Gasteiger partial charge is 0.328 e. The minimum Gasteiger partial charge on any atom is -0.481 e. The van der Waals surface area contributed by atoms with Gasteiger partial charge in [-0.2, -0.15) is 0 Å². The van der Waals surface area contributed by atoms with E-state index >= 15 is 0 Å². The average molecular weight is 287 g/mol. The van der Waals surface area contributed by atoms with Crippen molar-refractivity contribution in [3.05, 3.63) is 29.8 Å². The Bertz CT molecular complexity index is 531. The van der Waals surface area contributed by atoms with E-state index < -0.39 is 35.2 Å². The van der Waals surface area contributed by atoms with E-state index in [1.807, 2.05) is 0 Å². The molecule has 0 radical (unpaired) electrons. The van der Waals surface area contributed by atoms with Crippen molar-refractivity contribution in [2.75, 3.05) is 0 Å². The molecule has 0 aliphatic rings. The molecule has 0 fully saturated rings. The lowest BCUT2D eigenvalue weighted by Crippen LogP contribution is -2.53. The van der Waals surface area contributed by atoms with Gasteiger partial charge in [0.2, 0.25) is 0 Å². The molecule has 1 rings (SSSR count). The summed E-state index contributed by atoms with van der Waals surface area (Å²) in [6.45, 7) is 4.00. The summed E-state index contributed by atoms with van der Waals surface area (Å²) in [4.78, 5) is 22.6. The average Bonchev–Trinajstić information content (AvgIpc) is 2.33. The minimum absolute atomic E-state index is 0.0281. The van der Waals surface area contributed by atoms with Gasteiger partial charge in [-0.3, -0.25) is 4.79 Å². The number of amides is 1. The summed E-state index contributed by atoms with van der Waals surface area (Å²) < 4.78 is 30.8. The van der Waals surface area contributed by atoms with Crippen molar-refractivity contribution < 1.29 is 28.2 Å². The van der Waals surface area contributed by atoms with Gasteiger partial charge in [0, 0.05) is 6.07 Å². The Morgan fingerprint density at radius 3 is 2.40 bits per heavy atom. The Hall–Kier alpha value is -2.18. The molecule has 0 bridgehead atoms. The first-order valence-corrected chi connectivity index (χ1v) is 5.80. The lowest BCUT2D eigenvalue weighted by molar-refractivity contribution is -0.147. The highest BCUT2D eigenvalue weighted by molar-refractivity contribution is 5.88. The maximum atomic E-state index is 13.0. The Kier molecular flexibility index (Phi) is 4.65. The van der Waals surface area contributed by atoms with Crippen molar-refractivity contribution in [2.24, 2.45) is 0 Å². The van der Waals surface area contributed by atoms with Crippen LogP contribution < -0.4 is 10.1 Å². The third-order valence-electron chi connectivity index (χ3n) is 2.54. The number of carbonyl (C=O) groups excluding carboxylic acids is 1. The molecule has 0 saturated carbocycles. The van der Waals surface area contributed by atoms with E-state index in [4.69, 9.17) is 9.84 Å². The van der Waals surface area contributed by atoms with Gasteiger partial charge in [0.15, 0.2) is 17.7 Å². The summed E-state index contributed by atoms with van der Waals surface area (Å²) in [6.07, 6.45) is -1.06. The number of rotatable bonds is 5. The number of hydrogen-bond donors (Lipinski definition) is 2. The number of carbonyl (C=O) groups is 2. The summed E-state index contributed by atoms with van der Waals surface area (Å²) in [5.74, 6) is -4.03. The summed E-state index contributed by atoms with van der Waals surface area (Å²) in [7, 11) is 0. The normalized spacial score (nSPS) is 12.7. The van der Waals surface area contributed by atoms with E-state index in [-0.39, 0.29) is 5.75 Å². The Morgan fingerprint density at radius 2 is 1.90 bits per heavy atom. The quantitative estimate of drug-likeness (QED) is 0.864. The highest BCUT2D eigenvalue weighted by Gasteiger charge is 2.31. The van der Waals surface area contributed by atoms with Gasteiger partial charge in [-0.15, -0.1) is 0 Å². The molecule has 110 valence electrons. The van der Waals surface area contributed by atoms with Crippen LogP contribution in [0.4, 0.5) is 8.78 Å². The molecule has 0 heterocycles. The first-order valence-electron chi connectivity index (χ1n) is 5.80. The molecule has 2 N–H and O–H groups in total. The van der Waals surface area contributed by atoms with E-state index in [2.05, 4.69) is 5.32 Å². The molecule has 1 aromatic rings. The second-order valence-electron chi connectivity index (χ2n) is 4.76. The minimum atomic E-state index is -1.46. The van der Waals surface area contributed by atoms with Crippen LogP contribution in [0.3, 0.4) is 0 Å². The van der Waals surface area contributed by atoms with Crippen molar-refractivity contribution in [1.29, 1.82) is 0 Å². The fourth-order valence-electron chi connectivity index (χ4n) is 1.27. The molecular formula is C13H15F2NO4. The molecule has 0 saturated heterocycles. The fraction of sp³-hybridized carbons (Fsp3) is 0.385. The Morgan fingerprint density at radius 1 is 1.30 bits per heavy atom. The summed E-state index contributed by atoms with van der Waals surface area (Å²) in [5, 5.41) is 11.2. The van der Waals surface area contributed by atoms with Crippen LogP contribution in [0, 0.1) is 11.6 Å². The van der Waals surface area contributed by atoms with Crippen molar-refractivity contribution in [2.45, 2.75) is 32.4 Å². The molecule has 0 aromatic heterocycles. The standard InChI is InChI=1S/C13H15F2NO4/c1-7(11(17)16-13(2,3)12(18)19)20-8-4-5-9(14)10(15)6-8/h4-7H,1-3H3,(H,16,17)(H,18,19). The van der Waals surface area contributed by atoms with Crippen molar-refractivity contribution >= 4 is 11.9 Å². The van der Waals surface area contributed by atoms with Gasteiger partial charge >= 0.3 is 5.97 Å². The van der Waals surface area contributed by atoms with Crippen LogP contribution in [0.5, 0.6) is 5.75 Å². The summed E-state index contributed by atoms with van der Waals surface area (Å²) >= 11 is 0. The number of benzene rings is 1. The zero-order chi connectivity index (χ0) is 15.5. The van der Waals surface area contributed by atoms with E-state index in [0.29, 0.717) is 0 Å². The van der Waals surface area contributed by atoms with Gasteiger partial charge in [0.1, 0.15) is 11.3 Å². The van der Waals surface area contributed by atoms with Crippen LogP contribution in [-0.2, 0) is 9.59 Å². The number of hydrogen-bond acceptors (Lipinski definition) is 3. The highest BCUT2D eigenvalue weighted by Crippen LogP contribution is 2.17. The highest BCUT2D eigenvalue weighted by atomic mass is 19.2. The van der Waals surface area contributed by atoms with Crippen molar-refractivity contribution in [3.8, 4) is 5.75 Å². The topological polar surface area (TPSA) is 75.6 Å². The zero-order valence-electron chi connectivity index (χ0n) is 11.2. The van der Waals surface area contributed by atoms with Gasteiger partial charge in [-0.1, -0.05) is 0 Å². The van der Waals surface area contributed by atoms with Crippen molar-refractivity contribution in [3.63, 3.8) is 0 Å². The summed E-state index contributed by atoms with van der Waals surface area (Å²) in [6, 6.07) is 2.85. The van der Waals surface area contributed by atoms with Gasteiger partial charge in [-0.25, -0.2) is 13.6 Å². The second-order valence-corrected chi connectivity index (χ2v) is 4.76. The molecular weight excluding hydrogens is 272 g/mol. The zero-order valence-corrected chi connectivity index (χ0v) is 11.2. The van der Waals surface area contributed by atoms with Crippen LogP contribution >= 0.6 is 0 Å². The van der Waals surface area contributed by atoms with E-state index in [1.165, 1.54) is 26.8 Å². The molecule has 5 nitrogen and oxygen atoms in total. The molecule has 1 unspecified atom stereocenters. The largest absolute Gasteiger partial charge is 0.481 e. The molecule has 20 heavy (non-hydrogen) atoms. The number of nitrogens with one attached hydrogen (secondary N) is 1. The van der Waals surface area contributed by atoms with Gasteiger partial charge in [-0.05, 0) is 32.9 Å². The van der Waals surface area contributed by atoms with E-state index in [1.54, 1.807) is 0 Å². The van der Waals surface area contributed by atoms with Crippen molar-refractivity contribution in [1.82, 2.24) is 5.32 Å².